The van der Waals surface area contributed by atoms with Crippen molar-refractivity contribution in [3.8, 4) is 0 Å². The zero-order chi connectivity index (χ0) is 13.3. The summed E-state index contributed by atoms with van der Waals surface area (Å²) >= 11 is 0. The molecule has 98 valence electrons. The molecule has 0 bridgehead atoms. The van der Waals surface area contributed by atoms with Crippen LogP contribution in [0.4, 0.5) is 0 Å². The van der Waals surface area contributed by atoms with Crippen molar-refractivity contribution in [1.82, 2.24) is 0 Å². The molecule has 0 heterocycles. The lowest BCUT2D eigenvalue weighted by Crippen LogP contribution is -2.29. The highest BCUT2D eigenvalue weighted by atomic mass is 16.1. The first-order chi connectivity index (χ1) is 9.16. The lowest BCUT2D eigenvalue weighted by atomic mass is 9.64. The third-order valence-corrected chi connectivity index (χ3v) is 4.54. The smallest absolute Gasteiger partial charge is 0.155 e. The summed E-state index contributed by atoms with van der Waals surface area (Å²) in [6.07, 6.45) is 9.26. The lowest BCUT2D eigenvalue weighted by Gasteiger charge is -2.40. The number of ketones is 1. The first-order valence-electron chi connectivity index (χ1n) is 7.14. The molecule has 0 radical (unpaired) electrons. The second-order valence-corrected chi connectivity index (χ2v) is 6.09. The Morgan fingerprint density at radius 3 is 2.68 bits per heavy atom. The van der Waals surface area contributed by atoms with Crippen molar-refractivity contribution >= 4 is 11.9 Å². The largest absolute Gasteiger partial charge is 0.295 e. The summed E-state index contributed by atoms with van der Waals surface area (Å²) < 4.78 is 0. The van der Waals surface area contributed by atoms with Gasteiger partial charge in [-0.25, -0.2) is 0 Å². The van der Waals surface area contributed by atoms with Gasteiger partial charge in [-0.05, 0) is 42.7 Å². The van der Waals surface area contributed by atoms with Crippen LogP contribution in [0.5, 0.6) is 0 Å². The van der Waals surface area contributed by atoms with Crippen LogP contribution in [0.15, 0.2) is 47.6 Å². The fraction of sp³-hybridized carbons (Fsp3) is 0.389. The van der Waals surface area contributed by atoms with Gasteiger partial charge >= 0.3 is 0 Å². The molecule has 0 N–H and O–H groups in total. The Bertz CT molecular complexity index is 550. The van der Waals surface area contributed by atoms with Crippen molar-refractivity contribution in [2.75, 3.05) is 0 Å². The molecule has 19 heavy (non-hydrogen) atoms. The van der Waals surface area contributed by atoms with Crippen molar-refractivity contribution < 1.29 is 4.79 Å². The summed E-state index contributed by atoms with van der Waals surface area (Å²) in [7, 11) is 0. The number of hydrogen-bond donors (Lipinski definition) is 0. The zero-order valence-corrected chi connectivity index (χ0v) is 11.5. The van der Waals surface area contributed by atoms with E-state index >= 15 is 0 Å². The molecule has 1 aromatic rings. The molecule has 0 aromatic heterocycles. The Morgan fingerprint density at radius 1 is 1.11 bits per heavy atom. The number of fused-ring (bicyclic) bond motifs is 1. The summed E-state index contributed by atoms with van der Waals surface area (Å²) in [6.45, 7) is 2.32. The molecule has 3 rings (SSSR count). The average Bonchev–Trinajstić information content (AvgIpc) is 2.41. The minimum Gasteiger partial charge on any atom is -0.295 e. The van der Waals surface area contributed by atoms with Gasteiger partial charge < -0.3 is 0 Å². The molecular formula is C18H20O. The van der Waals surface area contributed by atoms with Gasteiger partial charge in [0, 0.05) is 6.42 Å². The highest BCUT2D eigenvalue weighted by molar-refractivity contribution is 5.91. The predicted octanol–water partition coefficient (Wildman–Crippen LogP) is 4.55. The molecule has 1 heteroatoms. The maximum atomic E-state index is 11.5. The van der Waals surface area contributed by atoms with Crippen LogP contribution in [0.3, 0.4) is 0 Å². The fourth-order valence-corrected chi connectivity index (χ4v) is 3.37. The second-order valence-electron chi connectivity index (χ2n) is 6.09. The number of benzene rings is 1. The third kappa shape index (κ3) is 2.56. The molecule has 1 aromatic carbocycles. The summed E-state index contributed by atoms with van der Waals surface area (Å²) in [4.78, 5) is 11.5. The van der Waals surface area contributed by atoms with Crippen LogP contribution in [0.1, 0.15) is 44.6 Å². The van der Waals surface area contributed by atoms with Crippen LogP contribution in [-0.4, -0.2) is 5.78 Å². The normalized spacial score (nSPS) is 29.0. The Morgan fingerprint density at radius 2 is 1.89 bits per heavy atom. The minimum atomic E-state index is 0.229. The van der Waals surface area contributed by atoms with E-state index in [4.69, 9.17) is 0 Å². The van der Waals surface area contributed by atoms with Crippen molar-refractivity contribution in [2.24, 2.45) is 5.41 Å². The lowest BCUT2D eigenvalue weighted by molar-refractivity contribution is -0.115. The van der Waals surface area contributed by atoms with Crippen molar-refractivity contribution in [3.05, 3.63) is 53.1 Å². The standard InChI is InChI=1S/C18H20O/c1-18-10-9-17(19)12-16(18)8-7-15(13-18)11-14-5-3-2-4-6-14/h2-6,11-12H,7-10,13H2,1H3. The van der Waals surface area contributed by atoms with Gasteiger partial charge in [0.15, 0.2) is 5.78 Å². The van der Waals surface area contributed by atoms with Gasteiger partial charge in [-0.3, -0.25) is 4.79 Å². The molecule has 1 atom stereocenters. The van der Waals surface area contributed by atoms with E-state index in [0.29, 0.717) is 5.78 Å². The van der Waals surface area contributed by atoms with Crippen LogP contribution >= 0.6 is 0 Å². The summed E-state index contributed by atoms with van der Waals surface area (Å²) in [5.41, 5.74) is 4.43. The number of rotatable bonds is 1. The molecule has 2 aliphatic carbocycles. The molecule has 1 fully saturated rings. The van der Waals surface area contributed by atoms with E-state index in [-0.39, 0.29) is 5.41 Å². The minimum absolute atomic E-state index is 0.229. The Hall–Kier alpha value is -1.63. The van der Waals surface area contributed by atoms with Crippen molar-refractivity contribution in [1.29, 1.82) is 0 Å². The Balaban J connectivity index is 1.85. The molecule has 0 aliphatic heterocycles. The predicted molar refractivity (Wildman–Crippen MR) is 78.7 cm³/mol. The van der Waals surface area contributed by atoms with Gasteiger partial charge in [-0.15, -0.1) is 0 Å². The zero-order valence-electron chi connectivity index (χ0n) is 11.5. The van der Waals surface area contributed by atoms with E-state index < -0.39 is 0 Å². The second kappa shape index (κ2) is 4.80. The number of carbonyl (C=O) groups is 1. The molecule has 0 spiro atoms. The maximum absolute atomic E-state index is 11.5. The first kappa shape index (κ1) is 12.4. The van der Waals surface area contributed by atoms with Crippen LogP contribution < -0.4 is 0 Å². The van der Waals surface area contributed by atoms with Crippen molar-refractivity contribution in [3.63, 3.8) is 0 Å². The topological polar surface area (TPSA) is 17.1 Å². The fourth-order valence-electron chi connectivity index (χ4n) is 3.37. The molecule has 1 nitrogen and oxygen atoms in total. The molecular weight excluding hydrogens is 232 g/mol. The van der Waals surface area contributed by atoms with Crippen LogP contribution in [-0.2, 0) is 4.79 Å². The van der Waals surface area contributed by atoms with E-state index in [1.807, 2.05) is 6.08 Å². The Labute approximate surface area is 115 Å². The molecule has 0 amide bonds. The monoisotopic (exact) mass is 252 g/mol. The van der Waals surface area contributed by atoms with E-state index in [1.165, 1.54) is 16.7 Å². The van der Waals surface area contributed by atoms with E-state index in [1.54, 1.807) is 0 Å². The third-order valence-electron chi connectivity index (χ3n) is 4.54. The van der Waals surface area contributed by atoms with E-state index in [0.717, 1.165) is 32.1 Å². The summed E-state index contributed by atoms with van der Waals surface area (Å²) in [6, 6.07) is 10.5. The average molecular weight is 252 g/mol. The highest BCUT2D eigenvalue weighted by Crippen LogP contribution is 2.48. The Kier molecular flexibility index (Phi) is 3.14. The van der Waals surface area contributed by atoms with Gasteiger partial charge in [-0.1, -0.05) is 54.5 Å². The van der Waals surface area contributed by atoms with E-state index in [9.17, 15) is 4.79 Å². The number of hydrogen-bond acceptors (Lipinski definition) is 1. The van der Waals surface area contributed by atoms with Crippen molar-refractivity contribution in [2.45, 2.75) is 39.0 Å². The molecule has 2 aliphatic rings. The highest BCUT2D eigenvalue weighted by Gasteiger charge is 2.36. The molecule has 1 unspecified atom stereocenters. The maximum Gasteiger partial charge on any atom is 0.155 e. The van der Waals surface area contributed by atoms with Crippen LogP contribution in [0.2, 0.25) is 0 Å². The van der Waals surface area contributed by atoms with Gasteiger partial charge in [-0.2, -0.15) is 0 Å². The van der Waals surface area contributed by atoms with Gasteiger partial charge in [0.25, 0.3) is 0 Å². The molecule has 1 saturated carbocycles. The summed E-state index contributed by atoms with van der Waals surface area (Å²) in [5.74, 6) is 0.322. The number of allylic oxidation sites excluding steroid dienone is 3. The molecule has 0 saturated heterocycles. The first-order valence-corrected chi connectivity index (χ1v) is 7.14. The van der Waals surface area contributed by atoms with Gasteiger partial charge in [0.1, 0.15) is 0 Å². The van der Waals surface area contributed by atoms with Gasteiger partial charge in [0.2, 0.25) is 0 Å². The summed E-state index contributed by atoms with van der Waals surface area (Å²) in [5, 5.41) is 0. The SMILES string of the molecule is CC12CCC(=O)C=C1CCC(=Cc1ccccc1)C2. The van der Waals surface area contributed by atoms with Crippen LogP contribution in [0.25, 0.3) is 6.08 Å². The quantitative estimate of drug-likeness (QED) is 0.716. The van der Waals surface area contributed by atoms with Crippen LogP contribution in [0, 0.1) is 5.41 Å². The number of carbonyl (C=O) groups excluding carboxylic acids is 1. The van der Waals surface area contributed by atoms with Gasteiger partial charge in [0.05, 0.1) is 0 Å². The van der Waals surface area contributed by atoms with E-state index in [2.05, 4.69) is 43.3 Å².